The molecular formula is C12H10O5. The molecule has 0 fully saturated rings. The maximum atomic E-state index is 11.1. The summed E-state index contributed by atoms with van der Waals surface area (Å²) in [5.74, 6) is 1.92. The molecule has 88 valence electrons. The lowest BCUT2D eigenvalue weighted by molar-refractivity contribution is 0.0600. The van der Waals surface area contributed by atoms with Crippen LogP contribution in [0, 0.1) is 12.3 Å². The number of terminal acetylenes is 1. The van der Waals surface area contributed by atoms with Crippen LogP contribution in [0.1, 0.15) is 10.4 Å². The number of benzene rings is 1. The van der Waals surface area contributed by atoms with Crippen LogP contribution in [0.25, 0.3) is 0 Å². The van der Waals surface area contributed by atoms with E-state index in [1.807, 2.05) is 0 Å². The highest BCUT2D eigenvalue weighted by atomic mass is 16.7. The smallest absolute Gasteiger partial charge is 0.465 e. The van der Waals surface area contributed by atoms with Gasteiger partial charge in [0.25, 0.3) is 0 Å². The highest BCUT2D eigenvalue weighted by Gasteiger charge is 2.08. The molecule has 0 saturated carbocycles. The van der Waals surface area contributed by atoms with E-state index < -0.39 is 12.1 Å². The second-order valence-electron chi connectivity index (χ2n) is 2.86. The summed E-state index contributed by atoms with van der Waals surface area (Å²) in [4.78, 5) is 22.1. The van der Waals surface area contributed by atoms with Crippen molar-refractivity contribution >= 4 is 12.1 Å². The van der Waals surface area contributed by atoms with Gasteiger partial charge < -0.3 is 14.2 Å². The molecule has 0 heterocycles. The summed E-state index contributed by atoms with van der Waals surface area (Å²) in [6, 6.07) is 5.83. The molecule has 5 heteroatoms. The van der Waals surface area contributed by atoms with Crippen LogP contribution in [0.5, 0.6) is 5.75 Å². The Labute approximate surface area is 98.3 Å². The number of hydrogen-bond acceptors (Lipinski definition) is 5. The minimum Gasteiger partial charge on any atom is -0.465 e. The highest BCUT2D eigenvalue weighted by molar-refractivity contribution is 5.89. The molecular weight excluding hydrogens is 224 g/mol. The monoisotopic (exact) mass is 234 g/mol. The summed E-state index contributed by atoms with van der Waals surface area (Å²) >= 11 is 0. The Balaban J connectivity index is 2.60. The Kier molecular flexibility index (Phi) is 4.58. The molecule has 0 unspecified atom stereocenters. The van der Waals surface area contributed by atoms with Gasteiger partial charge in [0.05, 0.1) is 12.7 Å². The first-order chi connectivity index (χ1) is 8.17. The summed E-state index contributed by atoms with van der Waals surface area (Å²) in [7, 11) is 1.28. The van der Waals surface area contributed by atoms with Crippen molar-refractivity contribution in [2.45, 2.75) is 0 Å². The molecule has 0 spiro atoms. The molecule has 1 aromatic rings. The number of methoxy groups -OCH3 is 1. The van der Waals surface area contributed by atoms with Gasteiger partial charge in [-0.05, 0) is 24.3 Å². The molecule has 17 heavy (non-hydrogen) atoms. The van der Waals surface area contributed by atoms with Gasteiger partial charge in [0.15, 0.2) is 6.61 Å². The molecule has 1 aromatic carbocycles. The zero-order chi connectivity index (χ0) is 12.7. The van der Waals surface area contributed by atoms with Crippen LogP contribution in [0.3, 0.4) is 0 Å². The van der Waals surface area contributed by atoms with E-state index >= 15 is 0 Å². The van der Waals surface area contributed by atoms with E-state index in [9.17, 15) is 9.59 Å². The summed E-state index contributed by atoms with van der Waals surface area (Å²) in [6.07, 6.45) is 4.01. The normalized spacial score (nSPS) is 8.94. The predicted octanol–water partition coefficient (Wildman–Crippen LogP) is 1.62. The summed E-state index contributed by atoms with van der Waals surface area (Å²) in [5, 5.41) is 0. The zero-order valence-electron chi connectivity index (χ0n) is 9.14. The van der Waals surface area contributed by atoms with Gasteiger partial charge in [-0.15, -0.1) is 6.42 Å². The van der Waals surface area contributed by atoms with E-state index in [2.05, 4.69) is 15.4 Å². The van der Waals surface area contributed by atoms with Gasteiger partial charge in [-0.2, -0.15) is 0 Å². The topological polar surface area (TPSA) is 61.8 Å². The standard InChI is InChI=1S/C12H10O5/c1-3-8-16-12(14)17-10-6-4-9(5-7-10)11(13)15-2/h1,4-7H,8H2,2H3. The van der Waals surface area contributed by atoms with Crippen LogP contribution < -0.4 is 4.74 Å². The number of carbonyl (C=O) groups is 2. The maximum Gasteiger partial charge on any atom is 0.514 e. The lowest BCUT2D eigenvalue weighted by atomic mass is 10.2. The molecule has 0 aromatic heterocycles. The summed E-state index contributed by atoms with van der Waals surface area (Å²) in [5.41, 5.74) is 0.358. The van der Waals surface area contributed by atoms with Crippen LogP contribution in [0.2, 0.25) is 0 Å². The fourth-order valence-corrected chi connectivity index (χ4v) is 1.00. The van der Waals surface area contributed by atoms with E-state index in [1.54, 1.807) is 0 Å². The quantitative estimate of drug-likeness (QED) is 0.452. The second-order valence-corrected chi connectivity index (χ2v) is 2.86. The van der Waals surface area contributed by atoms with Crippen LogP contribution in [0.15, 0.2) is 24.3 Å². The molecule has 0 N–H and O–H groups in total. The molecule has 0 aliphatic carbocycles. The number of rotatable bonds is 3. The third kappa shape index (κ3) is 3.87. The second kappa shape index (κ2) is 6.18. The van der Waals surface area contributed by atoms with E-state index in [-0.39, 0.29) is 12.4 Å². The minimum absolute atomic E-state index is 0.154. The third-order valence-electron chi connectivity index (χ3n) is 1.75. The van der Waals surface area contributed by atoms with Crippen LogP contribution in [0.4, 0.5) is 4.79 Å². The van der Waals surface area contributed by atoms with Crippen molar-refractivity contribution in [2.24, 2.45) is 0 Å². The summed E-state index contributed by atoms with van der Waals surface area (Å²) < 4.78 is 13.8. The van der Waals surface area contributed by atoms with Gasteiger partial charge >= 0.3 is 12.1 Å². The highest BCUT2D eigenvalue weighted by Crippen LogP contribution is 2.13. The van der Waals surface area contributed by atoms with Crippen molar-refractivity contribution in [1.29, 1.82) is 0 Å². The Morgan fingerprint density at radius 2 is 1.94 bits per heavy atom. The molecule has 0 atom stereocenters. The van der Waals surface area contributed by atoms with E-state index in [0.717, 1.165) is 0 Å². The Hall–Kier alpha value is -2.48. The predicted molar refractivity (Wildman–Crippen MR) is 58.6 cm³/mol. The van der Waals surface area contributed by atoms with Crippen LogP contribution in [-0.2, 0) is 9.47 Å². The van der Waals surface area contributed by atoms with Gasteiger partial charge in [-0.3, -0.25) is 0 Å². The van der Waals surface area contributed by atoms with Gasteiger partial charge in [0, 0.05) is 0 Å². The van der Waals surface area contributed by atoms with Gasteiger partial charge in [-0.25, -0.2) is 9.59 Å². The fraction of sp³-hybridized carbons (Fsp3) is 0.167. The Bertz CT molecular complexity index is 441. The molecule has 0 aliphatic heterocycles. The number of carbonyl (C=O) groups excluding carboxylic acids is 2. The lowest BCUT2D eigenvalue weighted by Gasteiger charge is -2.04. The molecule has 0 radical (unpaired) electrons. The first-order valence-corrected chi connectivity index (χ1v) is 4.64. The van der Waals surface area contributed by atoms with E-state index in [4.69, 9.17) is 11.2 Å². The third-order valence-corrected chi connectivity index (χ3v) is 1.75. The maximum absolute atomic E-state index is 11.1. The largest absolute Gasteiger partial charge is 0.514 e. The van der Waals surface area contributed by atoms with E-state index in [1.165, 1.54) is 31.4 Å². The van der Waals surface area contributed by atoms with Crippen molar-refractivity contribution in [3.8, 4) is 18.1 Å². The van der Waals surface area contributed by atoms with Gasteiger partial charge in [-0.1, -0.05) is 5.92 Å². The zero-order valence-corrected chi connectivity index (χ0v) is 9.14. The van der Waals surface area contributed by atoms with E-state index in [0.29, 0.717) is 5.56 Å². The Morgan fingerprint density at radius 1 is 1.29 bits per heavy atom. The summed E-state index contributed by atoms with van der Waals surface area (Å²) in [6.45, 7) is -0.154. The van der Waals surface area contributed by atoms with Crippen molar-refractivity contribution in [1.82, 2.24) is 0 Å². The minimum atomic E-state index is -0.895. The number of esters is 1. The van der Waals surface area contributed by atoms with Crippen molar-refractivity contribution in [3.63, 3.8) is 0 Å². The van der Waals surface area contributed by atoms with Crippen LogP contribution in [-0.4, -0.2) is 25.8 Å². The van der Waals surface area contributed by atoms with Gasteiger partial charge in [0.2, 0.25) is 0 Å². The van der Waals surface area contributed by atoms with Crippen molar-refractivity contribution < 1.29 is 23.8 Å². The fourth-order valence-electron chi connectivity index (χ4n) is 1.00. The number of ether oxygens (including phenoxy) is 3. The Morgan fingerprint density at radius 3 is 2.47 bits per heavy atom. The lowest BCUT2D eigenvalue weighted by Crippen LogP contribution is -2.10. The van der Waals surface area contributed by atoms with Crippen molar-refractivity contribution in [2.75, 3.05) is 13.7 Å². The molecule has 0 amide bonds. The molecule has 0 saturated heterocycles. The molecule has 1 rings (SSSR count). The molecule has 0 bridgehead atoms. The first-order valence-electron chi connectivity index (χ1n) is 4.64. The SMILES string of the molecule is C#CCOC(=O)Oc1ccc(C(=O)OC)cc1. The average molecular weight is 234 g/mol. The van der Waals surface area contributed by atoms with Gasteiger partial charge in [0.1, 0.15) is 5.75 Å². The average Bonchev–Trinajstić information content (AvgIpc) is 2.36. The molecule has 0 aliphatic rings. The molecule has 5 nitrogen and oxygen atoms in total. The van der Waals surface area contributed by atoms with Crippen molar-refractivity contribution in [3.05, 3.63) is 29.8 Å². The first kappa shape index (κ1) is 12.6. The number of hydrogen-bond donors (Lipinski definition) is 0. The van der Waals surface area contributed by atoms with Crippen LogP contribution >= 0.6 is 0 Å².